The summed E-state index contributed by atoms with van der Waals surface area (Å²) in [4.78, 5) is 14.5. The molecule has 0 radical (unpaired) electrons. The highest BCUT2D eigenvalue weighted by Crippen LogP contribution is 2.37. The van der Waals surface area contributed by atoms with Gasteiger partial charge in [0.1, 0.15) is 11.9 Å². The van der Waals surface area contributed by atoms with Crippen LogP contribution >= 0.6 is 0 Å². The molecule has 22 heavy (non-hydrogen) atoms. The van der Waals surface area contributed by atoms with E-state index in [2.05, 4.69) is 32.0 Å². The van der Waals surface area contributed by atoms with Crippen molar-refractivity contribution in [3.8, 4) is 5.75 Å². The summed E-state index contributed by atoms with van der Waals surface area (Å²) in [5.41, 5.74) is 1.31. The third kappa shape index (κ3) is 3.63. The van der Waals surface area contributed by atoms with Crippen LogP contribution in [0.25, 0.3) is 0 Å². The van der Waals surface area contributed by atoms with Gasteiger partial charge in [-0.1, -0.05) is 26.0 Å². The van der Waals surface area contributed by atoms with Gasteiger partial charge in [0.25, 0.3) is 0 Å². The Hall–Kier alpha value is -1.51. The molecule has 0 aromatic heterocycles. The smallest absolute Gasteiger partial charge is 0.225 e. The summed E-state index contributed by atoms with van der Waals surface area (Å²) >= 11 is 0. The van der Waals surface area contributed by atoms with E-state index in [1.807, 2.05) is 11.0 Å². The molecule has 0 bridgehead atoms. The summed E-state index contributed by atoms with van der Waals surface area (Å²) in [5, 5.41) is 0. The molecular formula is C19H27NO2. The van der Waals surface area contributed by atoms with Gasteiger partial charge < -0.3 is 9.64 Å². The maximum atomic E-state index is 12.4. The Morgan fingerprint density at radius 3 is 2.64 bits per heavy atom. The largest absolute Gasteiger partial charge is 0.490 e. The second kappa shape index (κ2) is 6.72. The average Bonchev–Trinajstić information content (AvgIpc) is 3.39. The lowest BCUT2D eigenvalue weighted by atomic mass is 10.0. The van der Waals surface area contributed by atoms with Gasteiger partial charge >= 0.3 is 0 Å². The minimum atomic E-state index is 0.221. The molecule has 1 saturated carbocycles. The van der Waals surface area contributed by atoms with Gasteiger partial charge in [-0.15, -0.1) is 0 Å². The molecule has 1 atom stereocenters. The van der Waals surface area contributed by atoms with Gasteiger partial charge in [0, 0.05) is 31.8 Å². The number of nitrogens with zero attached hydrogens (tertiary/aromatic N) is 1. The monoisotopic (exact) mass is 301 g/mol. The SMILES string of the molecule is CCc1cccc(OC2CCN(C(=O)C(C)C3CC3)CC2)c1. The number of aryl methyl sites for hydroxylation is 1. The van der Waals surface area contributed by atoms with E-state index < -0.39 is 0 Å². The van der Waals surface area contributed by atoms with E-state index in [1.165, 1.54) is 18.4 Å². The van der Waals surface area contributed by atoms with Gasteiger partial charge in [-0.2, -0.15) is 0 Å². The predicted molar refractivity (Wildman–Crippen MR) is 87.9 cm³/mol. The van der Waals surface area contributed by atoms with Gasteiger partial charge in [0.05, 0.1) is 0 Å². The Balaban J connectivity index is 1.49. The molecule has 3 heteroatoms. The van der Waals surface area contributed by atoms with Gasteiger partial charge in [-0.25, -0.2) is 0 Å². The topological polar surface area (TPSA) is 29.5 Å². The summed E-state index contributed by atoms with van der Waals surface area (Å²) in [5.74, 6) is 2.20. The van der Waals surface area contributed by atoms with Crippen LogP contribution in [0.4, 0.5) is 0 Å². The summed E-state index contributed by atoms with van der Waals surface area (Å²) in [6.45, 7) is 5.94. The second-order valence-electron chi connectivity index (χ2n) is 6.77. The molecule has 1 aliphatic heterocycles. The van der Waals surface area contributed by atoms with E-state index in [1.54, 1.807) is 0 Å². The third-order valence-corrected chi connectivity index (χ3v) is 5.08. The predicted octanol–water partition coefficient (Wildman–Crippen LogP) is 3.66. The Kier molecular flexibility index (Phi) is 4.70. The lowest BCUT2D eigenvalue weighted by molar-refractivity contribution is -0.137. The van der Waals surface area contributed by atoms with Crippen molar-refractivity contribution in [3.05, 3.63) is 29.8 Å². The zero-order valence-electron chi connectivity index (χ0n) is 13.8. The van der Waals surface area contributed by atoms with Gasteiger partial charge in [0.2, 0.25) is 5.91 Å². The molecular weight excluding hydrogens is 274 g/mol. The standard InChI is InChI=1S/C19H27NO2/c1-3-15-5-4-6-18(13-15)22-17-9-11-20(12-10-17)19(21)14(2)16-7-8-16/h4-6,13-14,16-17H,3,7-12H2,1-2H3. The fraction of sp³-hybridized carbons (Fsp3) is 0.632. The molecule has 0 spiro atoms. The highest BCUT2D eigenvalue weighted by molar-refractivity contribution is 5.79. The molecule has 1 aromatic rings. The molecule has 1 aromatic carbocycles. The van der Waals surface area contributed by atoms with Crippen molar-refractivity contribution in [1.29, 1.82) is 0 Å². The van der Waals surface area contributed by atoms with E-state index in [9.17, 15) is 4.79 Å². The Morgan fingerprint density at radius 2 is 2.00 bits per heavy atom. The van der Waals surface area contributed by atoms with Crippen LogP contribution in [0.1, 0.15) is 45.1 Å². The minimum Gasteiger partial charge on any atom is -0.490 e. The molecule has 1 heterocycles. The number of hydrogen-bond donors (Lipinski definition) is 0. The van der Waals surface area contributed by atoms with E-state index in [-0.39, 0.29) is 12.0 Å². The van der Waals surface area contributed by atoms with Crippen LogP contribution < -0.4 is 4.74 Å². The number of likely N-dealkylation sites (tertiary alicyclic amines) is 1. The van der Waals surface area contributed by atoms with Gasteiger partial charge in [-0.3, -0.25) is 4.79 Å². The van der Waals surface area contributed by atoms with Crippen molar-refractivity contribution in [2.75, 3.05) is 13.1 Å². The van der Waals surface area contributed by atoms with E-state index in [0.717, 1.165) is 38.1 Å². The molecule has 1 amide bonds. The lowest BCUT2D eigenvalue weighted by Gasteiger charge is -2.33. The van der Waals surface area contributed by atoms with Crippen molar-refractivity contribution in [3.63, 3.8) is 0 Å². The number of amides is 1. The minimum absolute atomic E-state index is 0.221. The highest BCUT2D eigenvalue weighted by atomic mass is 16.5. The van der Waals surface area contributed by atoms with Gasteiger partial charge in [-0.05, 0) is 42.9 Å². The first-order valence-electron chi connectivity index (χ1n) is 8.71. The lowest BCUT2D eigenvalue weighted by Crippen LogP contribution is -2.44. The van der Waals surface area contributed by atoms with Crippen molar-refractivity contribution in [2.24, 2.45) is 11.8 Å². The second-order valence-corrected chi connectivity index (χ2v) is 6.77. The zero-order chi connectivity index (χ0) is 15.5. The Labute approximate surface area is 133 Å². The number of hydrogen-bond acceptors (Lipinski definition) is 2. The number of rotatable bonds is 5. The Morgan fingerprint density at radius 1 is 1.27 bits per heavy atom. The molecule has 0 N–H and O–H groups in total. The highest BCUT2D eigenvalue weighted by Gasteiger charge is 2.36. The maximum Gasteiger partial charge on any atom is 0.225 e. The summed E-state index contributed by atoms with van der Waals surface area (Å²) in [6.07, 6.45) is 5.63. The van der Waals surface area contributed by atoms with Crippen LogP contribution in [0.3, 0.4) is 0 Å². The number of carbonyl (C=O) groups is 1. The summed E-state index contributed by atoms with van der Waals surface area (Å²) in [6, 6.07) is 8.36. The van der Waals surface area contributed by atoms with E-state index >= 15 is 0 Å². The Bertz CT molecular complexity index is 516. The van der Waals surface area contributed by atoms with Crippen molar-refractivity contribution < 1.29 is 9.53 Å². The first-order chi connectivity index (χ1) is 10.7. The molecule has 1 saturated heterocycles. The van der Waals surface area contributed by atoms with Crippen LogP contribution in [0, 0.1) is 11.8 Å². The molecule has 1 unspecified atom stereocenters. The van der Waals surface area contributed by atoms with Crippen LogP contribution in [0.15, 0.2) is 24.3 Å². The van der Waals surface area contributed by atoms with Crippen LogP contribution in [0.2, 0.25) is 0 Å². The number of carbonyl (C=O) groups excluding carboxylic acids is 1. The molecule has 2 aliphatic rings. The molecule has 3 nitrogen and oxygen atoms in total. The normalized spacial score (nSPS) is 20.7. The van der Waals surface area contributed by atoms with Crippen LogP contribution in [0.5, 0.6) is 5.75 Å². The zero-order valence-corrected chi connectivity index (χ0v) is 13.8. The fourth-order valence-corrected chi connectivity index (χ4v) is 3.31. The first kappa shape index (κ1) is 15.4. The summed E-state index contributed by atoms with van der Waals surface area (Å²) < 4.78 is 6.11. The van der Waals surface area contributed by atoms with Crippen LogP contribution in [-0.4, -0.2) is 30.0 Å². The van der Waals surface area contributed by atoms with Crippen molar-refractivity contribution in [2.45, 2.75) is 52.1 Å². The van der Waals surface area contributed by atoms with Crippen molar-refractivity contribution >= 4 is 5.91 Å². The maximum absolute atomic E-state index is 12.4. The molecule has 1 aliphatic carbocycles. The molecule has 3 rings (SSSR count). The van der Waals surface area contributed by atoms with E-state index in [0.29, 0.717) is 11.8 Å². The summed E-state index contributed by atoms with van der Waals surface area (Å²) in [7, 11) is 0. The van der Waals surface area contributed by atoms with Gasteiger partial charge in [0.15, 0.2) is 0 Å². The number of benzene rings is 1. The number of piperidine rings is 1. The fourth-order valence-electron chi connectivity index (χ4n) is 3.31. The third-order valence-electron chi connectivity index (χ3n) is 5.08. The number of ether oxygens (including phenoxy) is 1. The van der Waals surface area contributed by atoms with Crippen molar-refractivity contribution in [1.82, 2.24) is 4.90 Å². The molecule has 2 fully saturated rings. The average molecular weight is 301 g/mol. The quantitative estimate of drug-likeness (QED) is 0.830. The van der Waals surface area contributed by atoms with E-state index in [4.69, 9.17) is 4.74 Å². The first-order valence-corrected chi connectivity index (χ1v) is 8.71. The molecule has 120 valence electrons. The van der Waals surface area contributed by atoms with Crippen LogP contribution in [-0.2, 0) is 11.2 Å².